The molecule has 1 fully saturated rings. The Kier molecular flexibility index (Phi) is 6.51. The molecule has 2 atom stereocenters. The molecule has 0 aliphatic carbocycles. The summed E-state index contributed by atoms with van der Waals surface area (Å²) in [7, 11) is -3.75. The van der Waals surface area contributed by atoms with Gasteiger partial charge in [-0.1, -0.05) is 38.1 Å². The number of carbonyl (C=O) groups is 1. The molecule has 0 spiro atoms. The lowest BCUT2D eigenvalue weighted by molar-refractivity contribution is -0.125. The first-order chi connectivity index (χ1) is 16.7. The fourth-order valence-corrected chi connectivity index (χ4v) is 6.96. The topological polar surface area (TPSA) is 108 Å². The number of hydrogen-bond acceptors (Lipinski definition) is 7. The summed E-state index contributed by atoms with van der Waals surface area (Å²) in [6.07, 6.45) is -0.520. The van der Waals surface area contributed by atoms with Crippen LogP contribution in [0.1, 0.15) is 19.7 Å². The van der Waals surface area contributed by atoms with Crippen molar-refractivity contribution >= 4 is 48.6 Å². The molecular weight excluding hydrogens is 532 g/mol. The van der Waals surface area contributed by atoms with E-state index in [4.69, 9.17) is 9.97 Å². The van der Waals surface area contributed by atoms with Crippen molar-refractivity contribution in [1.29, 1.82) is 0 Å². The summed E-state index contributed by atoms with van der Waals surface area (Å²) in [4.78, 5) is 25.2. The van der Waals surface area contributed by atoms with Gasteiger partial charge in [-0.3, -0.25) is 9.69 Å². The quantitative estimate of drug-likeness (QED) is 0.508. The number of hydrogen-bond donors (Lipinski definition) is 2. The summed E-state index contributed by atoms with van der Waals surface area (Å²) in [6, 6.07) is 14.0. The van der Waals surface area contributed by atoms with Crippen molar-refractivity contribution in [1.82, 2.24) is 24.5 Å². The molecule has 1 saturated heterocycles. The number of benzene rings is 2. The second-order valence-electron chi connectivity index (χ2n) is 9.16. The van der Waals surface area contributed by atoms with Crippen LogP contribution in [-0.4, -0.2) is 65.3 Å². The Morgan fingerprint density at radius 3 is 2.54 bits per heavy atom. The molecule has 0 saturated carbocycles. The van der Waals surface area contributed by atoms with Gasteiger partial charge >= 0.3 is 0 Å². The van der Waals surface area contributed by atoms with Gasteiger partial charge in [-0.15, -0.1) is 0 Å². The van der Waals surface area contributed by atoms with Crippen molar-refractivity contribution in [2.24, 2.45) is 5.92 Å². The van der Waals surface area contributed by atoms with Gasteiger partial charge in [0.1, 0.15) is 17.7 Å². The first-order valence-electron chi connectivity index (χ1n) is 11.6. The van der Waals surface area contributed by atoms with Gasteiger partial charge in [-0.25, -0.2) is 18.4 Å². The highest BCUT2D eigenvalue weighted by Gasteiger charge is 2.38. The van der Waals surface area contributed by atoms with Crippen LogP contribution in [0, 0.1) is 5.92 Å². The number of sulfonamides is 1. The summed E-state index contributed by atoms with van der Waals surface area (Å²) < 4.78 is 28.8. The van der Waals surface area contributed by atoms with Crippen LogP contribution in [-0.2, 0) is 21.4 Å². The third-order valence-electron chi connectivity index (χ3n) is 6.45. The zero-order chi connectivity index (χ0) is 24.7. The Balaban J connectivity index is 1.51. The minimum absolute atomic E-state index is 0.0243. The van der Waals surface area contributed by atoms with Crippen LogP contribution in [0.3, 0.4) is 0 Å². The largest absolute Gasteiger partial charge is 0.358 e. The second kappa shape index (κ2) is 9.45. The van der Waals surface area contributed by atoms with Gasteiger partial charge in [0.25, 0.3) is 0 Å². The minimum Gasteiger partial charge on any atom is -0.358 e. The molecule has 1 unspecified atom stereocenters. The lowest BCUT2D eigenvalue weighted by Gasteiger charge is -2.42. The number of nitrogens with zero attached hydrogens (tertiary/aromatic N) is 4. The summed E-state index contributed by atoms with van der Waals surface area (Å²) in [5.41, 5.74) is 0.801. The van der Waals surface area contributed by atoms with Crippen LogP contribution in [0.15, 0.2) is 57.9 Å². The number of piperazine rings is 1. The Morgan fingerprint density at radius 1 is 1.03 bits per heavy atom. The highest BCUT2D eigenvalue weighted by molar-refractivity contribution is 9.10. The molecule has 0 radical (unpaired) electrons. The molecule has 11 heteroatoms. The molecule has 35 heavy (non-hydrogen) atoms. The predicted octanol–water partition coefficient (Wildman–Crippen LogP) is 2.79. The van der Waals surface area contributed by atoms with E-state index in [1.165, 1.54) is 4.31 Å². The van der Waals surface area contributed by atoms with E-state index in [1.54, 1.807) is 24.3 Å². The number of aromatic nitrogens is 2. The van der Waals surface area contributed by atoms with Gasteiger partial charge in [0, 0.05) is 29.5 Å². The molecule has 2 bridgehead atoms. The number of carbonyl (C=O) groups excluding carboxylic acids is 1. The van der Waals surface area contributed by atoms with E-state index in [1.807, 2.05) is 43.0 Å². The van der Waals surface area contributed by atoms with Crippen LogP contribution in [0.2, 0.25) is 0 Å². The maximum atomic E-state index is 13.4. The maximum absolute atomic E-state index is 13.4. The van der Waals surface area contributed by atoms with Gasteiger partial charge < -0.3 is 10.6 Å². The molecule has 1 amide bonds. The first kappa shape index (κ1) is 24.1. The highest BCUT2D eigenvalue weighted by atomic mass is 79.9. The lowest BCUT2D eigenvalue weighted by Crippen LogP contribution is -2.62. The number of para-hydroxylation sites is 1. The summed E-state index contributed by atoms with van der Waals surface area (Å²) in [6.45, 7) is 5.17. The van der Waals surface area contributed by atoms with Crippen LogP contribution in [0.4, 0.5) is 5.82 Å². The molecule has 9 nitrogen and oxygen atoms in total. The van der Waals surface area contributed by atoms with Crippen LogP contribution >= 0.6 is 15.9 Å². The fourth-order valence-electron chi connectivity index (χ4n) is 4.56. The Hall–Kier alpha value is -2.60. The van der Waals surface area contributed by atoms with Crippen LogP contribution in [0.25, 0.3) is 10.9 Å². The Morgan fingerprint density at radius 2 is 1.77 bits per heavy atom. The van der Waals surface area contributed by atoms with Crippen molar-refractivity contribution < 1.29 is 13.2 Å². The molecule has 2 aromatic carbocycles. The molecule has 184 valence electrons. The normalized spacial score (nSPS) is 21.9. The number of rotatable bonds is 3. The fraction of sp³-hybridized carbons (Fsp3) is 0.375. The second-order valence-corrected chi connectivity index (χ2v) is 11.9. The third-order valence-corrected chi connectivity index (χ3v) is 9.33. The monoisotopic (exact) mass is 558 g/mol. The lowest BCUT2D eigenvalue weighted by atomic mass is 10.0. The summed E-state index contributed by atoms with van der Waals surface area (Å²) >= 11 is 3.36. The van der Waals surface area contributed by atoms with Crippen molar-refractivity contribution in [3.05, 3.63) is 58.8 Å². The van der Waals surface area contributed by atoms with Gasteiger partial charge in [0.2, 0.25) is 15.9 Å². The van der Waals surface area contributed by atoms with Crippen molar-refractivity contribution in [2.75, 3.05) is 25.0 Å². The van der Waals surface area contributed by atoms with Gasteiger partial charge in [0.15, 0.2) is 0 Å². The highest BCUT2D eigenvalue weighted by Crippen LogP contribution is 2.28. The average Bonchev–Trinajstić information content (AvgIpc) is 2.83. The summed E-state index contributed by atoms with van der Waals surface area (Å²) in [5.74, 6) is 1.04. The average molecular weight is 559 g/mol. The minimum atomic E-state index is -3.75. The molecule has 2 N–H and O–H groups in total. The number of halogens is 1. The van der Waals surface area contributed by atoms with E-state index in [9.17, 15) is 13.2 Å². The Bertz CT molecular complexity index is 1380. The molecule has 3 aromatic rings. The molecule has 3 heterocycles. The van der Waals surface area contributed by atoms with Crippen molar-refractivity contribution in [2.45, 2.75) is 37.5 Å². The van der Waals surface area contributed by atoms with E-state index in [2.05, 4.69) is 26.6 Å². The maximum Gasteiger partial charge on any atom is 0.244 e. The summed E-state index contributed by atoms with van der Waals surface area (Å²) in [5, 5.41) is 7.29. The van der Waals surface area contributed by atoms with E-state index in [0.717, 1.165) is 10.9 Å². The SMILES string of the molecule is CC(C)[C@@H]1Nc2nc(nc3ccccc23)CN2CCN(S(=O)(=O)c3ccccc3Br)CC2NC1=O. The first-order valence-corrected chi connectivity index (χ1v) is 13.8. The molecular formula is C24H27BrN6O3S. The number of anilines is 1. The van der Waals surface area contributed by atoms with Crippen LogP contribution in [0.5, 0.6) is 0 Å². The molecule has 2 aliphatic rings. The van der Waals surface area contributed by atoms with Crippen molar-refractivity contribution in [3.8, 4) is 0 Å². The molecule has 5 rings (SSSR count). The zero-order valence-corrected chi connectivity index (χ0v) is 21.9. The van der Waals surface area contributed by atoms with E-state index in [-0.39, 0.29) is 23.3 Å². The van der Waals surface area contributed by atoms with Crippen molar-refractivity contribution in [3.63, 3.8) is 0 Å². The van der Waals surface area contributed by atoms with E-state index in [0.29, 0.717) is 35.7 Å². The van der Waals surface area contributed by atoms with Gasteiger partial charge in [-0.05, 0) is 46.1 Å². The zero-order valence-electron chi connectivity index (χ0n) is 19.5. The van der Waals surface area contributed by atoms with E-state index >= 15 is 0 Å². The predicted molar refractivity (Wildman–Crippen MR) is 137 cm³/mol. The number of fused-ring (bicyclic) bond motifs is 5. The van der Waals surface area contributed by atoms with Crippen LogP contribution < -0.4 is 10.6 Å². The van der Waals surface area contributed by atoms with Gasteiger partial charge in [0.05, 0.1) is 23.1 Å². The molecule has 2 aliphatic heterocycles. The Labute approximate surface area is 213 Å². The smallest absolute Gasteiger partial charge is 0.244 e. The molecule has 1 aromatic heterocycles. The van der Waals surface area contributed by atoms with Gasteiger partial charge in [-0.2, -0.15) is 4.31 Å². The van der Waals surface area contributed by atoms with E-state index < -0.39 is 22.2 Å². The third kappa shape index (κ3) is 4.65. The standard InChI is InChI=1S/C24H27BrN6O3S/c1-15(2)22-24(32)28-21-14-31(35(33,34)19-10-6-4-8-17(19)25)12-11-30(21)13-20-26-18-9-5-3-7-16(18)23(27-20)29-22/h3-10,15,21-22H,11-14H2,1-2H3,(H,28,32)(H,26,27,29)/t21?,22-/m0/s1. The number of nitrogens with one attached hydrogen (secondary N) is 2. The number of amides is 1.